The molecule has 0 amide bonds. The van der Waals surface area contributed by atoms with Gasteiger partial charge in [0.2, 0.25) is 0 Å². The second kappa shape index (κ2) is 7.98. The molecule has 1 saturated heterocycles. The number of nitrogens with zero attached hydrogens (tertiary/aromatic N) is 2. The standard InChI is InChI=1S/C23H25ClN2O2/c1-15-12-18(13-16(2)28-15)20-14-22(17-8-10-19(24)11-9-17)26(25-20)21-6-4-5-7-23(21)27-3/h4-11,14-16,18H,12-13H2,1-3H3/t15-,16-/m1/s1. The molecule has 0 aliphatic carbocycles. The summed E-state index contributed by atoms with van der Waals surface area (Å²) in [5.74, 6) is 1.17. The van der Waals surface area contributed by atoms with Crippen LogP contribution in [0.4, 0.5) is 0 Å². The molecule has 1 aliphatic rings. The summed E-state index contributed by atoms with van der Waals surface area (Å²) < 4.78 is 13.5. The number of hydrogen-bond acceptors (Lipinski definition) is 3. The SMILES string of the molecule is COc1ccccc1-n1nc(C2C[C@@H](C)O[C@H](C)C2)cc1-c1ccc(Cl)cc1. The maximum atomic E-state index is 6.11. The van der Waals surface area contributed by atoms with E-state index in [1.807, 2.05) is 53.2 Å². The van der Waals surface area contributed by atoms with E-state index >= 15 is 0 Å². The largest absolute Gasteiger partial charge is 0.494 e. The third-order valence-electron chi connectivity index (χ3n) is 5.30. The Bertz CT molecular complexity index is 941. The van der Waals surface area contributed by atoms with Gasteiger partial charge in [-0.15, -0.1) is 0 Å². The smallest absolute Gasteiger partial charge is 0.144 e. The fraction of sp³-hybridized carbons (Fsp3) is 0.348. The van der Waals surface area contributed by atoms with Gasteiger partial charge in [-0.25, -0.2) is 4.68 Å². The zero-order valence-electron chi connectivity index (χ0n) is 16.4. The molecule has 4 rings (SSSR count). The molecule has 1 aliphatic heterocycles. The quantitative estimate of drug-likeness (QED) is 0.553. The van der Waals surface area contributed by atoms with Crippen molar-refractivity contribution in [2.45, 2.75) is 44.8 Å². The lowest BCUT2D eigenvalue weighted by molar-refractivity contribution is -0.0385. The topological polar surface area (TPSA) is 36.3 Å². The Morgan fingerprint density at radius 1 is 1.04 bits per heavy atom. The van der Waals surface area contributed by atoms with Crippen molar-refractivity contribution in [3.05, 3.63) is 65.3 Å². The predicted octanol–water partition coefficient (Wildman–Crippen LogP) is 5.87. The second-order valence-electron chi connectivity index (χ2n) is 7.47. The van der Waals surface area contributed by atoms with Gasteiger partial charge in [-0.3, -0.25) is 0 Å². The average Bonchev–Trinajstić information content (AvgIpc) is 3.13. The van der Waals surface area contributed by atoms with Crippen molar-refractivity contribution in [1.82, 2.24) is 9.78 Å². The molecule has 4 nitrogen and oxygen atoms in total. The lowest BCUT2D eigenvalue weighted by atomic mass is 9.89. The predicted molar refractivity (Wildman–Crippen MR) is 113 cm³/mol. The summed E-state index contributed by atoms with van der Waals surface area (Å²) >= 11 is 6.11. The molecule has 0 unspecified atom stereocenters. The van der Waals surface area contributed by atoms with Crippen molar-refractivity contribution in [3.63, 3.8) is 0 Å². The number of benzene rings is 2. The first-order valence-corrected chi connectivity index (χ1v) is 10.1. The first-order valence-electron chi connectivity index (χ1n) is 9.70. The van der Waals surface area contributed by atoms with Gasteiger partial charge < -0.3 is 9.47 Å². The summed E-state index contributed by atoms with van der Waals surface area (Å²) in [5, 5.41) is 5.75. The van der Waals surface area contributed by atoms with E-state index in [1.54, 1.807) is 7.11 Å². The third kappa shape index (κ3) is 3.80. The Kier molecular flexibility index (Phi) is 5.42. The number of halogens is 1. The van der Waals surface area contributed by atoms with Crippen molar-refractivity contribution in [2.24, 2.45) is 0 Å². The van der Waals surface area contributed by atoms with E-state index in [0.29, 0.717) is 5.92 Å². The van der Waals surface area contributed by atoms with Gasteiger partial charge in [-0.1, -0.05) is 35.9 Å². The first kappa shape index (κ1) is 19.0. The van der Waals surface area contributed by atoms with Gasteiger partial charge in [0.15, 0.2) is 0 Å². The Labute approximate surface area is 171 Å². The van der Waals surface area contributed by atoms with Crippen molar-refractivity contribution in [2.75, 3.05) is 7.11 Å². The highest BCUT2D eigenvalue weighted by Gasteiger charge is 2.28. The van der Waals surface area contributed by atoms with E-state index in [1.165, 1.54) is 0 Å². The fourth-order valence-corrected chi connectivity index (χ4v) is 4.19. The average molecular weight is 397 g/mol. The monoisotopic (exact) mass is 396 g/mol. The summed E-state index contributed by atoms with van der Waals surface area (Å²) in [4.78, 5) is 0. The van der Waals surface area contributed by atoms with Crippen LogP contribution in [0.1, 0.15) is 38.3 Å². The number of aromatic nitrogens is 2. The van der Waals surface area contributed by atoms with Crippen LogP contribution in [0, 0.1) is 0 Å². The van der Waals surface area contributed by atoms with Gasteiger partial charge in [-0.2, -0.15) is 5.10 Å². The van der Waals surface area contributed by atoms with E-state index in [9.17, 15) is 0 Å². The lowest BCUT2D eigenvalue weighted by Gasteiger charge is -2.31. The molecule has 3 aromatic rings. The molecule has 0 saturated carbocycles. The minimum Gasteiger partial charge on any atom is -0.494 e. The minimum absolute atomic E-state index is 0.240. The molecule has 28 heavy (non-hydrogen) atoms. The van der Waals surface area contributed by atoms with Gasteiger partial charge >= 0.3 is 0 Å². The normalized spacial score (nSPS) is 22.2. The summed E-state index contributed by atoms with van der Waals surface area (Å²) in [7, 11) is 1.69. The number of hydrogen-bond donors (Lipinski definition) is 0. The highest BCUT2D eigenvalue weighted by molar-refractivity contribution is 6.30. The van der Waals surface area contributed by atoms with E-state index in [2.05, 4.69) is 19.9 Å². The van der Waals surface area contributed by atoms with Crippen LogP contribution < -0.4 is 4.74 Å². The zero-order valence-corrected chi connectivity index (χ0v) is 17.2. The summed E-state index contributed by atoms with van der Waals surface area (Å²) in [6.45, 7) is 4.28. The van der Waals surface area contributed by atoms with Crippen LogP contribution in [0.2, 0.25) is 5.02 Å². The molecule has 0 spiro atoms. The van der Waals surface area contributed by atoms with Gasteiger partial charge in [-0.05, 0) is 57.0 Å². The van der Waals surface area contributed by atoms with E-state index in [-0.39, 0.29) is 12.2 Å². The summed E-state index contributed by atoms with van der Waals surface area (Å²) in [6.07, 6.45) is 2.44. The van der Waals surface area contributed by atoms with Crippen molar-refractivity contribution < 1.29 is 9.47 Å². The number of rotatable bonds is 4. The lowest BCUT2D eigenvalue weighted by Crippen LogP contribution is -2.28. The highest BCUT2D eigenvalue weighted by Crippen LogP contribution is 2.36. The Hall–Kier alpha value is -2.30. The van der Waals surface area contributed by atoms with E-state index in [4.69, 9.17) is 26.2 Å². The van der Waals surface area contributed by atoms with Gasteiger partial charge in [0.05, 0.1) is 30.7 Å². The van der Waals surface area contributed by atoms with Crippen molar-refractivity contribution >= 4 is 11.6 Å². The number of para-hydroxylation sites is 2. The molecule has 5 heteroatoms. The van der Waals surface area contributed by atoms with Crippen LogP contribution in [-0.2, 0) is 4.74 Å². The van der Waals surface area contributed by atoms with E-state index in [0.717, 1.165) is 46.3 Å². The molecule has 2 aromatic carbocycles. The third-order valence-corrected chi connectivity index (χ3v) is 5.55. The first-order chi connectivity index (χ1) is 13.5. The number of ether oxygens (including phenoxy) is 2. The van der Waals surface area contributed by atoms with Gasteiger partial charge in [0.1, 0.15) is 11.4 Å². The summed E-state index contributed by atoms with van der Waals surface area (Å²) in [6, 6.07) is 18.0. The van der Waals surface area contributed by atoms with Gasteiger partial charge in [0, 0.05) is 16.5 Å². The molecule has 0 N–H and O–H groups in total. The molecule has 2 heterocycles. The number of methoxy groups -OCH3 is 1. The molecule has 0 radical (unpaired) electrons. The maximum absolute atomic E-state index is 6.11. The zero-order chi connectivity index (χ0) is 19.7. The van der Waals surface area contributed by atoms with Gasteiger partial charge in [0.25, 0.3) is 0 Å². The second-order valence-corrected chi connectivity index (χ2v) is 7.91. The van der Waals surface area contributed by atoms with Crippen LogP contribution in [0.3, 0.4) is 0 Å². The molecule has 0 bridgehead atoms. The summed E-state index contributed by atoms with van der Waals surface area (Å²) in [5.41, 5.74) is 4.12. The van der Waals surface area contributed by atoms with Crippen molar-refractivity contribution in [3.8, 4) is 22.7 Å². The highest BCUT2D eigenvalue weighted by atomic mass is 35.5. The maximum Gasteiger partial charge on any atom is 0.144 e. The van der Waals surface area contributed by atoms with Crippen LogP contribution >= 0.6 is 11.6 Å². The Balaban J connectivity index is 1.83. The molecule has 1 aromatic heterocycles. The van der Waals surface area contributed by atoms with Crippen LogP contribution in [0.25, 0.3) is 16.9 Å². The van der Waals surface area contributed by atoms with Crippen LogP contribution in [0.15, 0.2) is 54.6 Å². The van der Waals surface area contributed by atoms with Crippen LogP contribution in [0.5, 0.6) is 5.75 Å². The molecule has 1 fully saturated rings. The van der Waals surface area contributed by atoms with E-state index < -0.39 is 0 Å². The van der Waals surface area contributed by atoms with Crippen molar-refractivity contribution in [1.29, 1.82) is 0 Å². The Morgan fingerprint density at radius 2 is 1.71 bits per heavy atom. The molecular formula is C23H25ClN2O2. The minimum atomic E-state index is 0.240. The van der Waals surface area contributed by atoms with Crippen LogP contribution in [-0.4, -0.2) is 29.1 Å². The molecule has 146 valence electrons. The fourth-order valence-electron chi connectivity index (χ4n) is 4.06. The molecule has 2 atom stereocenters. The molecular weight excluding hydrogens is 372 g/mol. The Morgan fingerprint density at radius 3 is 2.39 bits per heavy atom.